The average Bonchev–Trinajstić information content (AvgIpc) is 3.16. The van der Waals surface area contributed by atoms with Gasteiger partial charge in [0.2, 0.25) is 0 Å². The van der Waals surface area contributed by atoms with E-state index in [0.29, 0.717) is 17.3 Å². The summed E-state index contributed by atoms with van der Waals surface area (Å²) < 4.78 is 6.86. The normalized spacial score (nSPS) is 10.3. The minimum absolute atomic E-state index is 0.650. The molecule has 8 nitrogen and oxygen atoms in total. The molecule has 4 aromatic rings. The number of nitrogens with one attached hydrogen (secondary N) is 2. The standard InChI is InChI=1S/C21H19N7O/c1-22-21-18-13-24-20(26-19-8-9-28(2)27-19)10-17(18)14(11-25-21)4-5-15-6-7-16(29-3)12-23-15/h6-13H,1-3H3,(H,22,25)(H,24,26,27). The van der Waals surface area contributed by atoms with Crippen LogP contribution in [0.4, 0.5) is 17.5 Å². The summed E-state index contributed by atoms with van der Waals surface area (Å²) in [6.45, 7) is 0. The predicted octanol–water partition coefficient (Wildman–Crippen LogP) is 2.95. The molecule has 0 aromatic carbocycles. The van der Waals surface area contributed by atoms with Crippen LogP contribution in [0.25, 0.3) is 10.8 Å². The number of methoxy groups -OCH3 is 1. The van der Waals surface area contributed by atoms with Crippen LogP contribution in [-0.4, -0.2) is 38.9 Å². The van der Waals surface area contributed by atoms with Crippen molar-refractivity contribution in [1.82, 2.24) is 24.7 Å². The molecule has 0 saturated carbocycles. The van der Waals surface area contributed by atoms with Crippen LogP contribution in [0.2, 0.25) is 0 Å². The highest BCUT2D eigenvalue weighted by atomic mass is 16.5. The van der Waals surface area contributed by atoms with Crippen LogP contribution < -0.4 is 15.4 Å². The van der Waals surface area contributed by atoms with Crippen LogP contribution in [0.3, 0.4) is 0 Å². The van der Waals surface area contributed by atoms with Gasteiger partial charge in [-0.05, 0) is 24.1 Å². The number of ether oxygens (including phenoxy) is 1. The summed E-state index contributed by atoms with van der Waals surface area (Å²) in [7, 11) is 5.30. The molecule has 0 atom stereocenters. The zero-order valence-electron chi connectivity index (χ0n) is 16.3. The van der Waals surface area contributed by atoms with Crippen LogP contribution >= 0.6 is 0 Å². The van der Waals surface area contributed by atoms with Gasteiger partial charge >= 0.3 is 0 Å². The van der Waals surface area contributed by atoms with Gasteiger partial charge in [-0.2, -0.15) is 5.10 Å². The van der Waals surface area contributed by atoms with E-state index in [9.17, 15) is 0 Å². The summed E-state index contributed by atoms with van der Waals surface area (Å²) in [5, 5.41) is 12.4. The lowest BCUT2D eigenvalue weighted by atomic mass is 10.1. The molecule has 144 valence electrons. The predicted molar refractivity (Wildman–Crippen MR) is 112 cm³/mol. The van der Waals surface area contributed by atoms with Gasteiger partial charge < -0.3 is 15.4 Å². The van der Waals surface area contributed by atoms with Crippen LogP contribution in [0, 0.1) is 11.8 Å². The minimum Gasteiger partial charge on any atom is -0.495 e. The van der Waals surface area contributed by atoms with Crippen LogP contribution in [-0.2, 0) is 7.05 Å². The SMILES string of the molecule is CNc1ncc(C#Cc2ccc(OC)cn2)c2cc(Nc3ccn(C)n3)ncc12. The van der Waals surface area contributed by atoms with Crippen molar-refractivity contribution >= 4 is 28.2 Å². The van der Waals surface area contributed by atoms with Crippen molar-refractivity contribution in [2.45, 2.75) is 0 Å². The Kier molecular flexibility index (Phi) is 4.95. The largest absolute Gasteiger partial charge is 0.495 e. The first-order valence-electron chi connectivity index (χ1n) is 8.91. The smallest absolute Gasteiger partial charge is 0.153 e. The Morgan fingerprint density at radius 3 is 2.55 bits per heavy atom. The molecule has 29 heavy (non-hydrogen) atoms. The average molecular weight is 385 g/mol. The zero-order chi connectivity index (χ0) is 20.2. The summed E-state index contributed by atoms with van der Waals surface area (Å²) in [4.78, 5) is 13.2. The number of fused-ring (bicyclic) bond motifs is 1. The zero-order valence-corrected chi connectivity index (χ0v) is 16.3. The minimum atomic E-state index is 0.650. The fraction of sp³-hybridized carbons (Fsp3) is 0.143. The molecule has 0 aliphatic heterocycles. The molecular formula is C21H19N7O. The van der Waals surface area contributed by atoms with Crippen LogP contribution in [0.5, 0.6) is 5.75 Å². The highest BCUT2D eigenvalue weighted by molar-refractivity contribution is 5.96. The van der Waals surface area contributed by atoms with E-state index in [1.165, 1.54) is 0 Å². The monoisotopic (exact) mass is 385 g/mol. The number of nitrogens with zero attached hydrogens (tertiary/aromatic N) is 5. The summed E-state index contributed by atoms with van der Waals surface area (Å²) in [6.07, 6.45) is 7.03. The van der Waals surface area contributed by atoms with Gasteiger partial charge in [0.1, 0.15) is 23.1 Å². The first kappa shape index (κ1) is 18.3. The van der Waals surface area contributed by atoms with Gasteiger partial charge in [0.15, 0.2) is 5.82 Å². The molecule has 0 bridgehead atoms. The van der Waals surface area contributed by atoms with E-state index in [0.717, 1.165) is 28.0 Å². The van der Waals surface area contributed by atoms with Crippen molar-refractivity contribution in [1.29, 1.82) is 0 Å². The third kappa shape index (κ3) is 3.94. The second kappa shape index (κ2) is 7.86. The lowest BCUT2D eigenvalue weighted by Gasteiger charge is -2.09. The first-order chi connectivity index (χ1) is 14.2. The van der Waals surface area contributed by atoms with Crippen LogP contribution in [0.1, 0.15) is 11.3 Å². The van der Waals surface area contributed by atoms with Crippen molar-refractivity contribution < 1.29 is 4.74 Å². The number of hydrogen-bond donors (Lipinski definition) is 2. The van der Waals surface area contributed by atoms with Gasteiger partial charge in [0.05, 0.1) is 18.9 Å². The Labute approximate surface area is 168 Å². The third-order valence-electron chi connectivity index (χ3n) is 4.28. The van der Waals surface area contributed by atoms with Crippen molar-refractivity contribution in [2.75, 3.05) is 24.8 Å². The molecule has 2 N–H and O–H groups in total. The van der Waals surface area contributed by atoms with Gasteiger partial charge in [0.25, 0.3) is 0 Å². The van der Waals surface area contributed by atoms with E-state index in [4.69, 9.17) is 4.74 Å². The lowest BCUT2D eigenvalue weighted by molar-refractivity contribution is 0.413. The second-order valence-electron chi connectivity index (χ2n) is 6.22. The maximum absolute atomic E-state index is 5.13. The molecule has 0 saturated heterocycles. The number of anilines is 3. The molecule has 0 aliphatic carbocycles. The third-order valence-corrected chi connectivity index (χ3v) is 4.28. The van der Waals surface area contributed by atoms with E-state index >= 15 is 0 Å². The van der Waals surface area contributed by atoms with Crippen molar-refractivity contribution in [2.24, 2.45) is 7.05 Å². The summed E-state index contributed by atoms with van der Waals surface area (Å²) in [6, 6.07) is 7.47. The molecule has 4 rings (SSSR count). The first-order valence-corrected chi connectivity index (χ1v) is 8.91. The quantitative estimate of drug-likeness (QED) is 0.522. The van der Waals surface area contributed by atoms with E-state index in [-0.39, 0.29) is 0 Å². The Hall–Kier alpha value is -4.12. The topological polar surface area (TPSA) is 89.8 Å². The number of hydrogen-bond acceptors (Lipinski definition) is 7. The number of aryl methyl sites for hydroxylation is 1. The number of rotatable bonds is 4. The molecule has 0 unspecified atom stereocenters. The molecule has 4 aromatic heterocycles. The van der Waals surface area contributed by atoms with E-state index < -0.39 is 0 Å². The molecule has 8 heteroatoms. The van der Waals surface area contributed by atoms with Crippen LogP contribution in [0.15, 0.2) is 49.1 Å². The molecule has 0 spiro atoms. The van der Waals surface area contributed by atoms with Gasteiger partial charge in [-0.15, -0.1) is 0 Å². The molecule has 0 radical (unpaired) electrons. The lowest BCUT2D eigenvalue weighted by Crippen LogP contribution is -1.99. The van der Waals surface area contributed by atoms with Gasteiger partial charge in [-0.1, -0.05) is 5.92 Å². The van der Waals surface area contributed by atoms with Crippen molar-refractivity contribution in [3.63, 3.8) is 0 Å². The van der Waals surface area contributed by atoms with Crippen molar-refractivity contribution in [3.05, 3.63) is 60.3 Å². The Bertz CT molecular complexity index is 1220. The Morgan fingerprint density at radius 1 is 0.966 bits per heavy atom. The maximum atomic E-state index is 5.13. The second-order valence-corrected chi connectivity index (χ2v) is 6.22. The fourth-order valence-corrected chi connectivity index (χ4v) is 2.82. The highest BCUT2D eigenvalue weighted by Gasteiger charge is 2.09. The molecule has 0 fully saturated rings. The van der Waals surface area contributed by atoms with Gasteiger partial charge in [0, 0.05) is 49.5 Å². The number of pyridine rings is 3. The fourth-order valence-electron chi connectivity index (χ4n) is 2.82. The summed E-state index contributed by atoms with van der Waals surface area (Å²) in [5.74, 6) is 9.08. The van der Waals surface area contributed by atoms with Crippen molar-refractivity contribution in [3.8, 4) is 17.6 Å². The highest BCUT2D eigenvalue weighted by Crippen LogP contribution is 2.26. The van der Waals surface area contributed by atoms with E-state index in [1.807, 2.05) is 44.6 Å². The summed E-state index contributed by atoms with van der Waals surface area (Å²) >= 11 is 0. The van der Waals surface area contributed by atoms with E-state index in [2.05, 4.69) is 42.5 Å². The van der Waals surface area contributed by atoms with Gasteiger partial charge in [-0.25, -0.2) is 15.0 Å². The maximum Gasteiger partial charge on any atom is 0.153 e. The Morgan fingerprint density at radius 2 is 1.86 bits per heavy atom. The molecule has 0 amide bonds. The molecular weight excluding hydrogens is 366 g/mol. The van der Waals surface area contributed by atoms with E-state index in [1.54, 1.807) is 30.4 Å². The molecule has 0 aliphatic rings. The van der Waals surface area contributed by atoms with Gasteiger partial charge in [-0.3, -0.25) is 4.68 Å². The summed E-state index contributed by atoms with van der Waals surface area (Å²) in [5.41, 5.74) is 1.43. The Balaban J connectivity index is 1.74. The number of aromatic nitrogens is 5. The molecule has 4 heterocycles.